The highest BCUT2D eigenvalue weighted by Crippen LogP contribution is 2.28. The number of nitrogens with zero attached hydrogens (tertiary/aromatic N) is 1. The second-order valence-corrected chi connectivity index (χ2v) is 4.33. The van der Waals surface area contributed by atoms with Gasteiger partial charge < -0.3 is 4.74 Å². The molecule has 0 radical (unpaired) electrons. The summed E-state index contributed by atoms with van der Waals surface area (Å²) in [5, 5.41) is 8.83. The topological polar surface area (TPSA) is 50.1 Å². The zero-order valence-corrected chi connectivity index (χ0v) is 10.4. The standard InChI is InChI=1S/C14H17NO2/c1-10(2)13(7-8-15)11-5-4-6-12(9-11)14(16)17-3/h4-6,9-10,13H,7H2,1-3H3. The molecule has 0 N–H and O–H groups in total. The van der Waals surface area contributed by atoms with Gasteiger partial charge in [0.15, 0.2) is 0 Å². The summed E-state index contributed by atoms with van der Waals surface area (Å²) in [4.78, 5) is 11.4. The van der Waals surface area contributed by atoms with E-state index in [0.717, 1.165) is 5.56 Å². The van der Waals surface area contributed by atoms with Crippen molar-refractivity contribution in [1.82, 2.24) is 0 Å². The molecule has 1 atom stereocenters. The van der Waals surface area contributed by atoms with Gasteiger partial charge in [0, 0.05) is 6.42 Å². The summed E-state index contributed by atoms with van der Waals surface area (Å²) in [5.41, 5.74) is 1.55. The van der Waals surface area contributed by atoms with E-state index in [4.69, 9.17) is 5.26 Å². The van der Waals surface area contributed by atoms with Crippen LogP contribution in [-0.4, -0.2) is 13.1 Å². The summed E-state index contributed by atoms with van der Waals surface area (Å²) >= 11 is 0. The molecule has 0 heterocycles. The lowest BCUT2D eigenvalue weighted by Crippen LogP contribution is -2.08. The second-order valence-electron chi connectivity index (χ2n) is 4.33. The van der Waals surface area contributed by atoms with Crippen LogP contribution in [0.4, 0.5) is 0 Å². The van der Waals surface area contributed by atoms with Gasteiger partial charge in [-0.2, -0.15) is 5.26 Å². The molecule has 0 spiro atoms. The summed E-state index contributed by atoms with van der Waals surface area (Å²) in [6.07, 6.45) is 0.461. The number of methoxy groups -OCH3 is 1. The van der Waals surface area contributed by atoms with Crippen molar-refractivity contribution in [3.05, 3.63) is 35.4 Å². The lowest BCUT2D eigenvalue weighted by molar-refractivity contribution is 0.0600. The molecule has 3 nitrogen and oxygen atoms in total. The minimum atomic E-state index is -0.341. The van der Waals surface area contributed by atoms with E-state index < -0.39 is 0 Å². The van der Waals surface area contributed by atoms with Gasteiger partial charge in [-0.25, -0.2) is 4.79 Å². The van der Waals surface area contributed by atoms with E-state index in [0.29, 0.717) is 17.9 Å². The van der Waals surface area contributed by atoms with Crippen LogP contribution in [-0.2, 0) is 4.74 Å². The minimum Gasteiger partial charge on any atom is -0.465 e. The first-order chi connectivity index (χ1) is 8.10. The van der Waals surface area contributed by atoms with E-state index in [1.807, 2.05) is 18.2 Å². The van der Waals surface area contributed by atoms with Gasteiger partial charge in [-0.3, -0.25) is 0 Å². The van der Waals surface area contributed by atoms with Gasteiger partial charge in [0.25, 0.3) is 0 Å². The van der Waals surface area contributed by atoms with Gasteiger partial charge in [-0.05, 0) is 29.5 Å². The van der Waals surface area contributed by atoms with Crippen molar-refractivity contribution in [3.63, 3.8) is 0 Å². The van der Waals surface area contributed by atoms with E-state index in [1.165, 1.54) is 7.11 Å². The first-order valence-corrected chi connectivity index (χ1v) is 5.65. The zero-order chi connectivity index (χ0) is 12.8. The van der Waals surface area contributed by atoms with Gasteiger partial charge in [-0.15, -0.1) is 0 Å². The molecule has 0 bridgehead atoms. The molecule has 0 amide bonds. The number of rotatable bonds is 4. The Morgan fingerprint density at radius 1 is 1.47 bits per heavy atom. The monoisotopic (exact) mass is 231 g/mol. The molecular formula is C14H17NO2. The molecular weight excluding hydrogens is 214 g/mol. The number of carbonyl (C=O) groups excluding carboxylic acids is 1. The third-order valence-electron chi connectivity index (χ3n) is 2.85. The maximum absolute atomic E-state index is 11.4. The first kappa shape index (κ1) is 13.2. The molecule has 0 saturated heterocycles. The Bertz CT molecular complexity index is 432. The summed E-state index contributed by atoms with van der Waals surface area (Å²) in [6, 6.07) is 9.51. The Morgan fingerprint density at radius 3 is 2.71 bits per heavy atom. The summed E-state index contributed by atoms with van der Waals surface area (Å²) in [7, 11) is 1.37. The normalized spacial score (nSPS) is 11.9. The molecule has 1 unspecified atom stereocenters. The van der Waals surface area contributed by atoms with Gasteiger partial charge >= 0.3 is 5.97 Å². The van der Waals surface area contributed by atoms with E-state index in [-0.39, 0.29) is 11.9 Å². The number of hydrogen-bond acceptors (Lipinski definition) is 3. The van der Waals surface area contributed by atoms with Crippen molar-refractivity contribution < 1.29 is 9.53 Å². The lowest BCUT2D eigenvalue weighted by atomic mass is 9.85. The van der Waals surface area contributed by atoms with Crippen LogP contribution in [0.3, 0.4) is 0 Å². The van der Waals surface area contributed by atoms with Gasteiger partial charge in [0.2, 0.25) is 0 Å². The van der Waals surface area contributed by atoms with Crippen LogP contribution in [0, 0.1) is 17.2 Å². The molecule has 90 valence electrons. The van der Waals surface area contributed by atoms with E-state index >= 15 is 0 Å². The van der Waals surface area contributed by atoms with Crippen LogP contribution < -0.4 is 0 Å². The molecule has 0 aliphatic carbocycles. The molecule has 3 heteroatoms. The molecule has 17 heavy (non-hydrogen) atoms. The number of ether oxygens (including phenoxy) is 1. The third kappa shape index (κ3) is 3.32. The van der Waals surface area contributed by atoms with E-state index in [9.17, 15) is 4.79 Å². The van der Waals surface area contributed by atoms with Crippen molar-refractivity contribution >= 4 is 5.97 Å². The van der Waals surface area contributed by atoms with Crippen LogP contribution in [0.1, 0.15) is 42.1 Å². The minimum absolute atomic E-state index is 0.157. The number of hydrogen-bond donors (Lipinski definition) is 0. The molecule has 1 rings (SSSR count). The number of nitriles is 1. The molecule has 1 aromatic carbocycles. The molecule has 1 aromatic rings. The fourth-order valence-corrected chi connectivity index (χ4v) is 1.85. The second kappa shape index (κ2) is 6.05. The fraction of sp³-hybridized carbons (Fsp3) is 0.429. The Labute approximate surface area is 102 Å². The highest BCUT2D eigenvalue weighted by atomic mass is 16.5. The molecule has 0 saturated carbocycles. The van der Waals surface area contributed by atoms with Crippen LogP contribution in [0.15, 0.2) is 24.3 Å². The van der Waals surface area contributed by atoms with Gasteiger partial charge in [0.1, 0.15) is 0 Å². The lowest BCUT2D eigenvalue weighted by Gasteiger charge is -2.18. The number of esters is 1. The van der Waals surface area contributed by atoms with Gasteiger partial charge in [-0.1, -0.05) is 26.0 Å². The largest absolute Gasteiger partial charge is 0.465 e. The Hall–Kier alpha value is -1.82. The van der Waals surface area contributed by atoms with Crippen LogP contribution in [0.25, 0.3) is 0 Å². The van der Waals surface area contributed by atoms with Crippen LogP contribution in [0.5, 0.6) is 0 Å². The summed E-state index contributed by atoms with van der Waals surface area (Å²) in [5.74, 6) is 0.179. The smallest absolute Gasteiger partial charge is 0.337 e. The average Bonchev–Trinajstić information content (AvgIpc) is 2.34. The molecule has 0 aliphatic heterocycles. The number of carbonyl (C=O) groups is 1. The third-order valence-corrected chi connectivity index (χ3v) is 2.85. The van der Waals surface area contributed by atoms with Crippen molar-refractivity contribution in [1.29, 1.82) is 5.26 Å². The fourth-order valence-electron chi connectivity index (χ4n) is 1.85. The molecule has 0 aromatic heterocycles. The van der Waals surface area contributed by atoms with Crippen LogP contribution in [0.2, 0.25) is 0 Å². The Balaban J connectivity index is 3.04. The summed E-state index contributed by atoms with van der Waals surface area (Å²) in [6.45, 7) is 4.15. The van der Waals surface area contributed by atoms with Crippen molar-refractivity contribution in [3.8, 4) is 6.07 Å². The van der Waals surface area contributed by atoms with Crippen molar-refractivity contribution in [2.24, 2.45) is 5.92 Å². The average molecular weight is 231 g/mol. The molecule has 0 aliphatic rings. The maximum atomic E-state index is 11.4. The predicted octanol–water partition coefficient (Wildman–Crippen LogP) is 3.13. The highest BCUT2D eigenvalue weighted by Gasteiger charge is 2.17. The van der Waals surface area contributed by atoms with Crippen molar-refractivity contribution in [2.75, 3.05) is 7.11 Å². The zero-order valence-electron chi connectivity index (χ0n) is 10.4. The van der Waals surface area contributed by atoms with Crippen LogP contribution >= 0.6 is 0 Å². The van der Waals surface area contributed by atoms with E-state index in [1.54, 1.807) is 6.07 Å². The summed E-state index contributed by atoms with van der Waals surface area (Å²) < 4.78 is 4.69. The Kier molecular flexibility index (Phi) is 4.71. The maximum Gasteiger partial charge on any atom is 0.337 e. The Morgan fingerprint density at radius 2 is 2.18 bits per heavy atom. The first-order valence-electron chi connectivity index (χ1n) is 5.65. The highest BCUT2D eigenvalue weighted by molar-refractivity contribution is 5.89. The predicted molar refractivity (Wildman–Crippen MR) is 65.6 cm³/mol. The van der Waals surface area contributed by atoms with Crippen molar-refractivity contribution in [2.45, 2.75) is 26.2 Å². The molecule has 0 fully saturated rings. The number of benzene rings is 1. The SMILES string of the molecule is COC(=O)c1cccc(C(CC#N)C(C)C)c1. The van der Waals surface area contributed by atoms with E-state index in [2.05, 4.69) is 24.7 Å². The van der Waals surface area contributed by atoms with Gasteiger partial charge in [0.05, 0.1) is 18.7 Å². The quantitative estimate of drug-likeness (QED) is 0.748.